The number of halogens is 1. The Balaban J connectivity index is 1.87. The predicted molar refractivity (Wildman–Crippen MR) is 101 cm³/mol. The molecule has 4 nitrogen and oxygen atoms in total. The molecular weight excluding hydrogens is 358 g/mol. The molecule has 2 rings (SSSR count). The van der Waals surface area contributed by atoms with E-state index in [0.29, 0.717) is 9.90 Å². The van der Waals surface area contributed by atoms with Crippen molar-refractivity contribution in [3.63, 3.8) is 0 Å². The van der Waals surface area contributed by atoms with Gasteiger partial charge in [-0.1, -0.05) is 37.1 Å². The Bertz CT molecular complexity index is 757. The van der Waals surface area contributed by atoms with Gasteiger partial charge in [0.05, 0.1) is 6.04 Å². The number of amides is 1. The molecule has 0 aliphatic heterocycles. The van der Waals surface area contributed by atoms with E-state index in [-0.39, 0.29) is 18.6 Å². The number of hydrogen-bond donors (Lipinski definition) is 1. The molecule has 0 aliphatic carbocycles. The summed E-state index contributed by atoms with van der Waals surface area (Å²) < 4.78 is 5.13. The van der Waals surface area contributed by atoms with E-state index >= 15 is 0 Å². The average Bonchev–Trinajstić information content (AvgIpc) is 2.94. The van der Waals surface area contributed by atoms with Crippen molar-refractivity contribution in [1.29, 1.82) is 0 Å². The summed E-state index contributed by atoms with van der Waals surface area (Å²) in [6.07, 6.45) is 1.96. The van der Waals surface area contributed by atoms with Crippen molar-refractivity contribution >= 4 is 34.8 Å². The topological polar surface area (TPSA) is 55.4 Å². The van der Waals surface area contributed by atoms with Gasteiger partial charge in [-0.25, -0.2) is 4.79 Å². The number of thiophene rings is 1. The van der Waals surface area contributed by atoms with Gasteiger partial charge in [0.1, 0.15) is 4.88 Å². The Morgan fingerprint density at radius 1 is 1.32 bits per heavy atom. The monoisotopic (exact) mass is 379 g/mol. The van der Waals surface area contributed by atoms with Crippen LogP contribution in [0.3, 0.4) is 0 Å². The van der Waals surface area contributed by atoms with E-state index in [0.717, 1.165) is 23.3 Å². The summed E-state index contributed by atoms with van der Waals surface area (Å²) in [6, 6.07) is 8.92. The molecule has 0 radical (unpaired) electrons. The van der Waals surface area contributed by atoms with E-state index in [9.17, 15) is 9.59 Å². The Morgan fingerprint density at radius 3 is 2.76 bits per heavy atom. The summed E-state index contributed by atoms with van der Waals surface area (Å²) in [7, 11) is 0. The Kier molecular flexibility index (Phi) is 7.02. The first-order valence-corrected chi connectivity index (χ1v) is 9.41. The van der Waals surface area contributed by atoms with Gasteiger partial charge in [-0.3, -0.25) is 4.79 Å². The zero-order chi connectivity index (χ0) is 18.4. The van der Waals surface area contributed by atoms with Gasteiger partial charge < -0.3 is 10.1 Å². The van der Waals surface area contributed by atoms with Gasteiger partial charge in [0.15, 0.2) is 6.61 Å². The van der Waals surface area contributed by atoms with Gasteiger partial charge in [0.2, 0.25) is 0 Å². The number of rotatable bonds is 7. The minimum absolute atomic E-state index is 0.218. The van der Waals surface area contributed by atoms with Crippen molar-refractivity contribution in [3.05, 3.63) is 56.2 Å². The lowest BCUT2D eigenvalue weighted by atomic mass is 10.1. The molecule has 1 atom stereocenters. The minimum Gasteiger partial charge on any atom is -0.451 e. The number of carbonyl (C=O) groups is 2. The van der Waals surface area contributed by atoms with Crippen LogP contribution in [0.25, 0.3) is 0 Å². The van der Waals surface area contributed by atoms with Crippen LogP contribution in [0, 0.1) is 6.92 Å². The minimum atomic E-state index is -0.457. The summed E-state index contributed by atoms with van der Waals surface area (Å²) in [6.45, 7) is 5.64. The van der Waals surface area contributed by atoms with Crippen LogP contribution in [-0.4, -0.2) is 18.5 Å². The first kappa shape index (κ1) is 19.5. The van der Waals surface area contributed by atoms with Gasteiger partial charge in [0, 0.05) is 9.90 Å². The molecule has 0 saturated carbocycles. The SMILES string of the molecule is CCCc1cc(C(=O)OCC(=O)N[C@@H](C)c2cccc(Cl)c2)sc1C. The summed E-state index contributed by atoms with van der Waals surface area (Å²) in [5, 5.41) is 3.41. The second kappa shape index (κ2) is 9.02. The highest BCUT2D eigenvalue weighted by atomic mass is 35.5. The van der Waals surface area contributed by atoms with Crippen LogP contribution in [0.1, 0.15) is 52.0 Å². The Hall–Kier alpha value is -1.85. The van der Waals surface area contributed by atoms with Crippen LogP contribution >= 0.6 is 22.9 Å². The molecule has 2 aromatic rings. The number of carbonyl (C=O) groups excluding carboxylic acids is 2. The normalized spacial score (nSPS) is 11.8. The maximum absolute atomic E-state index is 12.1. The lowest BCUT2D eigenvalue weighted by Gasteiger charge is -2.14. The fraction of sp³-hybridized carbons (Fsp3) is 0.368. The van der Waals surface area contributed by atoms with E-state index in [1.807, 2.05) is 32.0 Å². The summed E-state index contributed by atoms with van der Waals surface area (Å²) >= 11 is 7.36. The first-order valence-electron chi connectivity index (χ1n) is 8.22. The Labute approximate surface area is 157 Å². The van der Waals surface area contributed by atoms with Crippen LogP contribution in [0.15, 0.2) is 30.3 Å². The second-order valence-corrected chi connectivity index (χ2v) is 7.56. The molecule has 0 spiro atoms. The molecule has 1 heterocycles. The third-order valence-corrected chi connectivity index (χ3v) is 5.11. The van der Waals surface area contributed by atoms with Crippen LogP contribution in [0.4, 0.5) is 0 Å². The van der Waals surface area contributed by atoms with Crippen molar-refractivity contribution in [2.24, 2.45) is 0 Å². The zero-order valence-electron chi connectivity index (χ0n) is 14.6. The number of esters is 1. The molecule has 1 aromatic heterocycles. The molecule has 1 aromatic carbocycles. The van der Waals surface area contributed by atoms with Crippen molar-refractivity contribution in [2.45, 2.75) is 39.7 Å². The molecule has 0 unspecified atom stereocenters. The van der Waals surface area contributed by atoms with E-state index in [4.69, 9.17) is 16.3 Å². The lowest BCUT2D eigenvalue weighted by molar-refractivity contribution is -0.124. The summed E-state index contributed by atoms with van der Waals surface area (Å²) in [5.74, 6) is -0.802. The number of aryl methyl sites for hydroxylation is 2. The molecule has 6 heteroatoms. The van der Waals surface area contributed by atoms with Crippen LogP contribution in [0.2, 0.25) is 5.02 Å². The lowest BCUT2D eigenvalue weighted by Crippen LogP contribution is -2.31. The van der Waals surface area contributed by atoms with Crippen molar-refractivity contribution < 1.29 is 14.3 Å². The number of ether oxygens (including phenoxy) is 1. The van der Waals surface area contributed by atoms with E-state index in [2.05, 4.69) is 12.2 Å². The van der Waals surface area contributed by atoms with Gasteiger partial charge in [-0.05, 0) is 49.6 Å². The van der Waals surface area contributed by atoms with Crippen LogP contribution in [0.5, 0.6) is 0 Å². The molecule has 0 bridgehead atoms. The second-order valence-electron chi connectivity index (χ2n) is 5.86. The third kappa shape index (κ3) is 5.58. The summed E-state index contributed by atoms with van der Waals surface area (Å²) in [5.41, 5.74) is 2.06. The van der Waals surface area contributed by atoms with Gasteiger partial charge in [-0.15, -0.1) is 11.3 Å². The molecule has 134 valence electrons. The highest BCUT2D eigenvalue weighted by Crippen LogP contribution is 2.23. The highest BCUT2D eigenvalue weighted by molar-refractivity contribution is 7.14. The predicted octanol–water partition coefficient (Wildman–Crippen LogP) is 4.70. The van der Waals surface area contributed by atoms with E-state index < -0.39 is 5.97 Å². The smallest absolute Gasteiger partial charge is 0.348 e. The molecule has 0 saturated heterocycles. The van der Waals surface area contributed by atoms with Gasteiger partial charge in [-0.2, -0.15) is 0 Å². The summed E-state index contributed by atoms with van der Waals surface area (Å²) in [4.78, 5) is 25.8. The number of nitrogens with one attached hydrogen (secondary N) is 1. The van der Waals surface area contributed by atoms with E-state index in [1.54, 1.807) is 12.1 Å². The third-order valence-electron chi connectivity index (χ3n) is 3.80. The molecule has 1 amide bonds. The molecular formula is C19H22ClNO3S. The first-order chi connectivity index (χ1) is 11.9. The van der Waals surface area contributed by atoms with Crippen molar-refractivity contribution in [2.75, 3.05) is 6.61 Å². The highest BCUT2D eigenvalue weighted by Gasteiger charge is 2.16. The number of hydrogen-bond acceptors (Lipinski definition) is 4. The van der Waals surface area contributed by atoms with Crippen LogP contribution in [-0.2, 0) is 16.0 Å². The fourth-order valence-electron chi connectivity index (χ4n) is 2.48. The maximum Gasteiger partial charge on any atom is 0.348 e. The van der Waals surface area contributed by atoms with Gasteiger partial charge in [0.25, 0.3) is 5.91 Å². The van der Waals surface area contributed by atoms with Gasteiger partial charge >= 0.3 is 5.97 Å². The molecule has 25 heavy (non-hydrogen) atoms. The van der Waals surface area contributed by atoms with Crippen molar-refractivity contribution in [1.82, 2.24) is 5.32 Å². The fourth-order valence-corrected chi connectivity index (χ4v) is 3.65. The standard InChI is InChI=1S/C19H22ClNO3S/c1-4-6-15-10-17(25-13(15)3)19(23)24-11-18(22)21-12(2)14-7-5-8-16(20)9-14/h5,7-10,12H,4,6,11H2,1-3H3,(H,21,22)/t12-/m0/s1. The average molecular weight is 380 g/mol. The van der Waals surface area contributed by atoms with Crippen molar-refractivity contribution in [3.8, 4) is 0 Å². The zero-order valence-corrected chi connectivity index (χ0v) is 16.2. The molecule has 0 aliphatic rings. The Morgan fingerprint density at radius 2 is 2.08 bits per heavy atom. The largest absolute Gasteiger partial charge is 0.451 e. The molecule has 1 N–H and O–H groups in total. The number of benzene rings is 1. The maximum atomic E-state index is 12.1. The quantitative estimate of drug-likeness (QED) is 0.709. The van der Waals surface area contributed by atoms with E-state index in [1.165, 1.54) is 16.9 Å². The van der Waals surface area contributed by atoms with Crippen LogP contribution < -0.4 is 5.32 Å². The molecule has 0 fully saturated rings.